The first-order valence-electron chi connectivity index (χ1n) is 11.3. The fraction of sp³-hybridized carbons (Fsp3) is 0.360. The molecule has 0 aliphatic carbocycles. The van der Waals surface area contributed by atoms with E-state index in [2.05, 4.69) is 33.5 Å². The number of benzene rings is 1. The third kappa shape index (κ3) is 5.88. The summed E-state index contributed by atoms with van der Waals surface area (Å²) in [6.07, 6.45) is 3.16. The molecule has 0 bridgehead atoms. The molecule has 0 spiro atoms. The zero-order chi connectivity index (χ0) is 23.2. The molecule has 3 aromatic rings. The number of aromatic nitrogens is 2. The van der Waals surface area contributed by atoms with E-state index in [1.165, 1.54) is 0 Å². The van der Waals surface area contributed by atoms with E-state index in [1.54, 1.807) is 11.3 Å². The van der Waals surface area contributed by atoms with E-state index in [4.69, 9.17) is 4.98 Å². The third-order valence-corrected chi connectivity index (χ3v) is 6.55. The number of anilines is 3. The maximum absolute atomic E-state index is 12.4. The van der Waals surface area contributed by atoms with Crippen molar-refractivity contribution in [3.05, 3.63) is 63.5 Å². The number of nitrogens with one attached hydrogen (secondary N) is 2. The minimum Gasteiger partial charge on any atom is -0.354 e. The van der Waals surface area contributed by atoms with Gasteiger partial charge in [0.2, 0.25) is 11.9 Å². The molecule has 8 heteroatoms. The number of nitrogens with zero attached hydrogens (tertiary/aromatic N) is 4. The minimum absolute atomic E-state index is 0.0636. The molecular weight excluding hydrogens is 432 g/mol. The van der Waals surface area contributed by atoms with Gasteiger partial charge in [-0.25, -0.2) is 4.98 Å². The molecule has 1 aliphatic heterocycles. The Labute approximate surface area is 198 Å². The smallest absolute Gasteiger partial charge is 0.229 e. The molecule has 2 aromatic heterocycles. The molecule has 33 heavy (non-hydrogen) atoms. The molecule has 1 amide bonds. The van der Waals surface area contributed by atoms with Gasteiger partial charge in [-0.3, -0.25) is 4.79 Å². The predicted octanol–water partition coefficient (Wildman–Crippen LogP) is 4.35. The Morgan fingerprint density at radius 2 is 2.18 bits per heavy atom. The molecule has 3 heterocycles. The molecule has 7 nitrogen and oxygen atoms in total. The highest BCUT2D eigenvalue weighted by Crippen LogP contribution is 2.24. The Kier molecular flexibility index (Phi) is 7.20. The maximum atomic E-state index is 12.4. The van der Waals surface area contributed by atoms with Crippen LogP contribution in [0.25, 0.3) is 0 Å². The molecule has 2 N–H and O–H groups in total. The predicted molar refractivity (Wildman–Crippen MR) is 132 cm³/mol. The summed E-state index contributed by atoms with van der Waals surface area (Å²) in [5, 5.41) is 17.8. The summed E-state index contributed by atoms with van der Waals surface area (Å²) in [5.74, 6) is 1.45. The van der Waals surface area contributed by atoms with Gasteiger partial charge in [-0.2, -0.15) is 10.2 Å². The lowest BCUT2D eigenvalue weighted by molar-refractivity contribution is -0.120. The van der Waals surface area contributed by atoms with E-state index in [9.17, 15) is 10.1 Å². The molecule has 1 fully saturated rings. The van der Waals surface area contributed by atoms with Gasteiger partial charge in [0.1, 0.15) is 5.82 Å². The zero-order valence-electron chi connectivity index (χ0n) is 19.0. The maximum Gasteiger partial charge on any atom is 0.229 e. The van der Waals surface area contributed by atoms with Crippen LogP contribution in [0.3, 0.4) is 0 Å². The third-order valence-electron chi connectivity index (χ3n) is 5.68. The van der Waals surface area contributed by atoms with Crippen molar-refractivity contribution < 1.29 is 4.79 Å². The second-order valence-electron chi connectivity index (χ2n) is 8.31. The second-order valence-corrected chi connectivity index (χ2v) is 9.35. The van der Waals surface area contributed by atoms with Crippen molar-refractivity contribution in [3.8, 4) is 6.07 Å². The van der Waals surface area contributed by atoms with E-state index in [0.29, 0.717) is 17.9 Å². The summed E-state index contributed by atoms with van der Waals surface area (Å²) < 4.78 is 0. The Morgan fingerprint density at radius 3 is 2.94 bits per heavy atom. The molecular formula is C25H28N6OS. The van der Waals surface area contributed by atoms with Gasteiger partial charge >= 0.3 is 0 Å². The van der Waals surface area contributed by atoms with E-state index < -0.39 is 0 Å². The molecule has 170 valence electrons. The van der Waals surface area contributed by atoms with E-state index in [-0.39, 0.29) is 11.9 Å². The highest BCUT2D eigenvalue weighted by Gasteiger charge is 2.25. The minimum atomic E-state index is 0.0636. The largest absolute Gasteiger partial charge is 0.354 e. The SMILES string of the molecule is CCCc1cc(N2CC[C@H](NC(=O)Cc3cccs3)C2)nc(Nc2ccc(C)c(C#N)c2)n1. The molecule has 1 aromatic carbocycles. The molecule has 0 unspecified atom stereocenters. The molecule has 1 saturated heterocycles. The van der Waals surface area contributed by atoms with Gasteiger partial charge in [-0.1, -0.05) is 25.5 Å². The first-order chi connectivity index (χ1) is 16.0. The average Bonchev–Trinajstić information content (AvgIpc) is 3.47. The number of hydrogen-bond acceptors (Lipinski definition) is 7. The monoisotopic (exact) mass is 460 g/mol. The van der Waals surface area contributed by atoms with Crippen molar-refractivity contribution in [2.45, 2.75) is 45.6 Å². The van der Waals surface area contributed by atoms with E-state index in [0.717, 1.165) is 60.0 Å². The molecule has 0 radical (unpaired) electrons. The molecule has 1 aliphatic rings. The van der Waals surface area contributed by atoms with Crippen LogP contribution in [0.15, 0.2) is 41.8 Å². The van der Waals surface area contributed by atoms with Crippen LogP contribution < -0.4 is 15.5 Å². The fourth-order valence-corrected chi connectivity index (χ4v) is 4.67. The summed E-state index contributed by atoms with van der Waals surface area (Å²) in [7, 11) is 0. The molecule has 0 saturated carbocycles. The van der Waals surface area contributed by atoms with Gasteiger partial charge in [0.25, 0.3) is 0 Å². The van der Waals surface area contributed by atoms with Gasteiger partial charge in [-0.05, 0) is 48.9 Å². The Balaban J connectivity index is 1.46. The summed E-state index contributed by atoms with van der Waals surface area (Å²) in [6.45, 7) is 5.60. The van der Waals surface area contributed by atoms with Gasteiger partial charge < -0.3 is 15.5 Å². The number of carbonyl (C=O) groups excluding carboxylic acids is 1. The van der Waals surface area contributed by atoms with Crippen LogP contribution in [0.1, 0.15) is 41.5 Å². The van der Waals surface area contributed by atoms with Crippen molar-refractivity contribution in [1.82, 2.24) is 15.3 Å². The Morgan fingerprint density at radius 1 is 1.30 bits per heavy atom. The van der Waals surface area contributed by atoms with Gasteiger partial charge in [0, 0.05) is 41.5 Å². The molecule has 4 rings (SSSR count). The summed E-state index contributed by atoms with van der Waals surface area (Å²) in [4.78, 5) is 25.1. The van der Waals surface area contributed by atoms with Crippen LogP contribution in [-0.2, 0) is 17.6 Å². The van der Waals surface area contributed by atoms with Crippen LogP contribution in [0, 0.1) is 18.3 Å². The van der Waals surface area contributed by atoms with E-state index >= 15 is 0 Å². The van der Waals surface area contributed by atoms with Crippen LogP contribution in [0.4, 0.5) is 17.5 Å². The number of carbonyl (C=O) groups is 1. The first kappa shape index (κ1) is 22.7. The first-order valence-corrected chi connectivity index (χ1v) is 12.1. The van der Waals surface area contributed by atoms with Crippen LogP contribution in [0.5, 0.6) is 0 Å². The van der Waals surface area contributed by atoms with Crippen molar-refractivity contribution in [1.29, 1.82) is 5.26 Å². The topological polar surface area (TPSA) is 93.9 Å². The molecule has 1 atom stereocenters. The Hall–Kier alpha value is -3.44. The second kappa shape index (κ2) is 10.5. The standard InChI is InChI=1S/C25H28N6OS/c1-3-5-19-13-23(30-25(28-19)29-20-8-7-17(2)18(12-20)15-26)31-10-9-21(16-31)27-24(32)14-22-6-4-11-33-22/h4,6-8,11-13,21H,3,5,9-10,14,16H2,1-2H3,(H,27,32)(H,28,29,30)/t21-/m0/s1. The van der Waals surface area contributed by atoms with Crippen molar-refractivity contribution >= 4 is 34.7 Å². The summed E-state index contributed by atoms with van der Waals surface area (Å²) in [6, 6.07) is 14.0. The highest BCUT2D eigenvalue weighted by molar-refractivity contribution is 7.10. The number of rotatable bonds is 8. The van der Waals surface area contributed by atoms with Gasteiger partial charge in [-0.15, -0.1) is 11.3 Å². The van der Waals surface area contributed by atoms with Crippen LogP contribution >= 0.6 is 11.3 Å². The van der Waals surface area contributed by atoms with Crippen molar-refractivity contribution in [2.24, 2.45) is 0 Å². The summed E-state index contributed by atoms with van der Waals surface area (Å²) >= 11 is 1.61. The highest BCUT2D eigenvalue weighted by atomic mass is 32.1. The normalized spacial score (nSPS) is 15.3. The van der Waals surface area contributed by atoms with Crippen molar-refractivity contribution in [2.75, 3.05) is 23.3 Å². The lowest BCUT2D eigenvalue weighted by Crippen LogP contribution is -2.38. The fourth-order valence-electron chi connectivity index (χ4n) is 3.97. The number of amides is 1. The lowest BCUT2D eigenvalue weighted by atomic mass is 10.1. The summed E-state index contributed by atoms with van der Waals surface area (Å²) in [5.41, 5.74) is 3.33. The average molecular weight is 461 g/mol. The van der Waals surface area contributed by atoms with Gasteiger partial charge in [0.05, 0.1) is 18.1 Å². The van der Waals surface area contributed by atoms with Crippen LogP contribution in [-0.4, -0.2) is 35.0 Å². The van der Waals surface area contributed by atoms with Crippen LogP contribution in [0.2, 0.25) is 0 Å². The number of thiophene rings is 1. The number of hydrogen-bond donors (Lipinski definition) is 2. The van der Waals surface area contributed by atoms with Crippen molar-refractivity contribution in [3.63, 3.8) is 0 Å². The number of nitriles is 1. The Bertz CT molecular complexity index is 1150. The quantitative estimate of drug-likeness (QED) is 0.519. The number of aryl methyl sites for hydroxylation is 2. The van der Waals surface area contributed by atoms with E-state index in [1.807, 2.05) is 48.7 Å². The zero-order valence-corrected chi connectivity index (χ0v) is 19.8. The lowest BCUT2D eigenvalue weighted by Gasteiger charge is -2.20. The van der Waals surface area contributed by atoms with Gasteiger partial charge in [0.15, 0.2) is 0 Å².